The lowest BCUT2D eigenvalue weighted by Crippen LogP contribution is -2.29. The Morgan fingerprint density at radius 2 is 2.00 bits per heavy atom. The van der Waals surface area contributed by atoms with Gasteiger partial charge in [0, 0.05) is 16.2 Å². The van der Waals surface area contributed by atoms with Crippen LogP contribution in [0.1, 0.15) is 17.2 Å². The summed E-state index contributed by atoms with van der Waals surface area (Å²) in [6.45, 7) is 0. The minimum Gasteiger partial charge on any atom is -0.495 e. The van der Waals surface area contributed by atoms with E-state index in [4.69, 9.17) is 33.8 Å². The predicted molar refractivity (Wildman–Crippen MR) is 81.0 cm³/mol. The van der Waals surface area contributed by atoms with Gasteiger partial charge in [0.2, 0.25) is 0 Å². The Labute approximate surface area is 127 Å². The van der Waals surface area contributed by atoms with Crippen molar-refractivity contribution in [2.75, 3.05) is 7.11 Å². The number of aromatic nitrogens is 1. The second-order valence-corrected chi connectivity index (χ2v) is 5.10. The molecule has 0 amide bonds. The summed E-state index contributed by atoms with van der Waals surface area (Å²) in [4.78, 5) is 4.12. The number of pyridine rings is 1. The van der Waals surface area contributed by atoms with Crippen LogP contribution in [0.3, 0.4) is 0 Å². The largest absolute Gasteiger partial charge is 0.495 e. The van der Waals surface area contributed by atoms with Gasteiger partial charge in [-0.25, -0.2) is 0 Å². The van der Waals surface area contributed by atoms with Crippen LogP contribution >= 0.6 is 23.2 Å². The van der Waals surface area contributed by atoms with E-state index >= 15 is 0 Å². The molecule has 0 spiro atoms. The number of nitrogens with zero attached hydrogens (tertiary/aromatic N) is 1. The fourth-order valence-electron chi connectivity index (χ4n) is 1.94. The molecule has 0 aliphatic rings. The van der Waals surface area contributed by atoms with Crippen molar-refractivity contribution in [3.63, 3.8) is 0 Å². The molecule has 0 fully saturated rings. The molecule has 0 aliphatic carbocycles. The van der Waals surface area contributed by atoms with Gasteiger partial charge < -0.3 is 4.74 Å². The number of halogens is 2. The quantitative estimate of drug-likeness (QED) is 0.658. The molecule has 1 heterocycles. The minimum absolute atomic E-state index is 0.157. The van der Waals surface area contributed by atoms with Gasteiger partial charge in [-0.15, -0.1) is 0 Å². The fourth-order valence-corrected chi connectivity index (χ4v) is 2.49. The zero-order valence-corrected chi connectivity index (χ0v) is 12.4. The molecule has 1 atom stereocenters. The Morgan fingerprint density at radius 1 is 1.30 bits per heavy atom. The van der Waals surface area contributed by atoms with Crippen molar-refractivity contribution < 1.29 is 4.74 Å². The predicted octanol–water partition coefficient (Wildman–Crippen LogP) is 3.14. The van der Waals surface area contributed by atoms with Crippen LogP contribution in [-0.4, -0.2) is 12.1 Å². The summed E-state index contributed by atoms with van der Waals surface area (Å²) in [6.07, 6.45) is 3.93. The molecule has 2 aromatic rings. The van der Waals surface area contributed by atoms with Crippen molar-refractivity contribution in [2.24, 2.45) is 5.84 Å². The van der Waals surface area contributed by atoms with Gasteiger partial charge in [0.1, 0.15) is 5.75 Å². The first-order chi connectivity index (χ1) is 9.65. The summed E-state index contributed by atoms with van der Waals surface area (Å²) < 4.78 is 5.16. The highest BCUT2D eigenvalue weighted by atomic mass is 35.5. The van der Waals surface area contributed by atoms with Gasteiger partial charge in [-0.1, -0.05) is 29.3 Å². The molecular formula is C14H15Cl2N3O. The number of nitrogens with one attached hydrogen (secondary N) is 1. The minimum atomic E-state index is -0.157. The van der Waals surface area contributed by atoms with Crippen LogP contribution in [0.5, 0.6) is 5.75 Å². The first-order valence-corrected chi connectivity index (χ1v) is 6.79. The average molecular weight is 312 g/mol. The van der Waals surface area contributed by atoms with E-state index in [1.165, 1.54) is 0 Å². The van der Waals surface area contributed by atoms with Gasteiger partial charge >= 0.3 is 0 Å². The van der Waals surface area contributed by atoms with Crippen LogP contribution in [0.25, 0.3) is 0 Å². The molecule has 1 aromatic heterocycles. The lowest BCUT2D eigenvalue weighted by molar-refractivity contribution is 0.410. The third kappa shape index (κ3) is 3.41. The maximum Gasteiger partial charge on any atom is 0.137 e. The van der Waals surface area contributed by atoms with Crippen LogP contribution in [0.15, 0.2) is 36.7 Å². The number of hydrogen-bond acceptors (Lipinski definition) is 4. The van der Waals surface area contributed by atoms with Crippen LogP contribution in [0.2, 0.25) is 10.0 Å². The Hall–Kier alpha value is -1.33. The van der Waals surface area contributed by atoms with Crippen molar-refractivity contribution in [1.29, 1.82) is 0 Å². The zero-order valence-electron chi connectivity index (χ0n) is 10.9. The Bertz CT molecular complexity index is 572. The van der Waals surface area contributed by atoms with Crippen LogP contribution < -0.4 is 16.0 Å². The van der Waals surface area contributed by atoms with Crippen LogP contribution in [-0.2, 0) is 6.42 Å². The van der Waals surface area contributed by atoms with Gasteiger partial charge in [0.15, 0.2) is 0 Å². The zero-order chi connectivity index (χ0) is 14.5. The number of hydrogen-bond donors (Lipinski definition) is 2. The number of hydrazine groups is 1. The molecular weight excluding hydrogens is 297 g/mol. The molecule has 1 unspecified atom stereocenters. The lowest BCUT2D eigenvalue weighted by Gasteiger charge is -2.18. The third-order valence-electron chi connectivity index (χ3n) is 3.04. The molecule has 0 radical (unpaired) electrons. The summed E-state index contributed by atoms with van der Waals surface area (Å²) in [5.74, 6) is 6.31. The van der Waals surface area contributed by atoms with Crippen molar-refractivity contribution in [3.05, 3.63) is 57.8 Å². The topological polar surface area (TPSA) is 60.2 Å². The molecule has 0 aliphatic heterocycles. The molecule has 4 nitrogen and oxygen atoms in total. The third-order valence-corrected chi connectivity index (χ3v) is 3.75. The highest BCUT2D eigenvalue weighted by Gasteiger charge is 2.16. The summed E-state index contributed by atoms with van der Waals surface area (Å²) in [7, 11) is 1.59. The van der Waals surface area contributed by atoms with E-state index in [0.29, 0.717) is 22.2 Å². The normalized spacial score (nSPS) is 12.2. The lowest BCUT2D eigenvalue weighted by atomic mass is 10.0. The number of methoxy groups -OCH3 is 1. The maximum atomic E-state index is 6.18. The highest BCUT2D eigenvalue weighted by molar-refractivity contribution is 6.36. The number of benzene rings is 1. The maximum absolute atomic E-state index is 6.18. The monoisotopic (exact) mass is 311 g/mol. The summed E-state index contributed by atoms with van der Waals surface area (Å²) in [6, 6.07) is 7.14. The smallest absolute Gasteiger partial charge is 0.137 e. The molecule has 0 saturated heterocycles. The van der Waals surface area contributed by atoms with Crippen molar-refractivity contribution in [1.82, 2.24) is 10.4 Å². The van der Waals surface area contributed by atoms with Crippen LogP contribution in [0, 0.1) is 0 Å². The highest BCUT2D eigenvalue weighted by Crippen LogP contribution is 2.29. The van der Waals surface area contributed by atoms with Gasteiger partial charge in [-0.3, -0.25) is 16.3 Å². The molecule has 106 valence electrons. The van der Waals surface area contributed by atoms with Crippen molar-refractivity contribution >= 4 is 23.2 Å². The number of ether oxygens (including phenoxy) is 1. The SMILES string of the molecule is COc1cncc(C(Cc2c(Cl)cccc2Cl)NN)c1. The number of rotatable bonds is 5. The standard InChI is InChI=1S/C14H15Cl2N3O/c1-20-10-5-9(7-18-8-10)14(19-17)6-11-12(15)3-2-4-13(11)16/h2-5,7-8,14,19H,6,17H2,1H3. The van der Waals surface area contributed by atoms with E-state index in [1.807, 2.05) is 12.1 Å². The molecule has 0 bridgehead atoms. The van der Waals surface area contributed by atoms with Gasteiger partial charge in [-0.05, 0) is 35.7 Å². The van der Waals surface area contributed by atoms with Crippen molar-refractivity contribution in [2.45, 2.75) is 12.5 Å². The van der Waals surface area contributed by atoms with E-state index in [-0.39, 0.29) is 6.04 Å². The summed E-state index contributed by atoms with van der Waals surface area (Å²) in [5, 5.41) is 1.24. The molecule has 0 saturated carbocycles. The Kier molecular flexibility index (Phi) is 5.20. The molecule has 20 heavy (non-hydrogen) atoms. The van der Waals surface area contributed by atoms with Gasteiger partial charge in [0.25, 0.3) is 0 Å². The first-order valence-electron chi connectivity index (χ1n) is 6.03. The van der Waals surface area contributed by atoms with E-state index in [1.54, 1.807) is 31.6 Å². The molecule has 6 heteroatoms. The summed E-state index contributed by atoms with van der Waals surface area (Å²) >= 11 is 12.4. The Morgan fingerprint density at radius 3 is 2.60 bits per heavy atom. The number of nitrogens with two attached hydrogens (primary N) is 1. The Balaban J connectivity index is 2.29. The van der Waals surface area contributed by atoms with Crippen LogP contribution in [0.4, 0.5) is 0 Å². The van der Waals surface area contributed by atoms with E-state index in [9.17, 15) is 0 Å². The second-order valence-electron chi connectivity index (χ2n) is 4.28. The van der Waals surface area contributed by atoms with Crippen molar-refractivity contribution in [3.8, 4) is 5.75 Å². The van der Waals surface area contributed by atoms with E-state index in [0.717, 1.165) is 11.1 Å². The average Bonchev–Trinajstić information content (AvgIpc) is 2.47. The van der Waals surface area contributed by atoms with E-state index in [2.05, 4.69) is 10.4 Å². The van der Waals surface area contributed by atoms with Gasteiger partial charge in [0.05, 0.1) is 19.3 Å². The first kappa shape index (κ1) is 15.1. The summed E-state index contributed by atoms with van der Waals surface area (Å²) in [5.41, 5.74) is 4.51. The van der Waals surface area contributed by atoms with Gasteiger partial charge in [-0.2, -0.15) is 0 Å². The second kappa shape index (κ2) is 6.90. The molecule has 2 rings (SSSR count). The molecule has 1 aromatic carbocycles. The van der Waals surface area contributed by atoms with E-state index < -0.39 is 0 Å². The fraction of sp³-hybridized carbons (Fsp3) is 0.214. The molecule has 3 N–H and O–H groups in total.